The lowest BCUT2D eigenvalue weighted by molar-refractivity contribution is -0.0848. The molecule has 2 nitrogen and oxygen atoms in total. The monoisotopic (exact) mass is 207 g/mol. The number of halogens is 2. The van der Waals surface area contributed by atoms with E-state index in [-0.39, 0.29) is 6.54 Å². The Labute approximate surface area is 84.0 Å². The van der Waals surface area contributed by atoms with Crippen LogP contribution >= 0.6 is 0 Å². The quantitative estimate of drug-likeness (QED) is 0.690. The van der Waals surface area contributed by atoms with E-state index < -0.39 is 12.5 Å². The third-order valence-corrected chi connectivity index (χ3v) is 2.53. The summed E-state index contributed by atoms with van der Waals surface area (Å²) >= 11 is 0. The van der Waals surface area contributed by atoms with Gasteiger partial charge in [0.25, 0.3) is 5.92 Å². The number of nitrogens with one attached hydrogen (secondary N) is 1. The van der Waals surface area contributed by atoms with Crippen molar-refractivity contribution in [2.24, 2.45) is 5.92 Å². The molecule has 0 atom stereocenters. The van der Waals surface area contributed by atoms with E-state index in [0.29, 0.717) is 19.1 Å². The zero-order valence-electron chi connectivity index (χ0n) is 8.69. The molecule has 0 aromatic rings. The van der Waals surface area contributed by atoms with Gasteiger partial charge in [-0.05, 0) is 25.3 Å². The minimum absolute atomic E-state index is 0.284. The Morgan fingerprint density at radius 1 is 1.43 bits per heavy atom. The Bertz CT molecular complexity index is 160. The maximum absolute atomic E-state index is 13.0. The van der Waals surface area contributed by atoms with Gasteiger partial charge in [0.2, 0.25) is 0 Å². The summed E-state index contributed by atoms with van der Waals surface area (Å²) in [5, 5.41) is 2.62. The summed E-state index contributed by atoms with van der Waals surface area (Å²) in [7, 11) is 0. The lowest BCUT2D eigenvalue weighted by Crippen LogP contribution is -2.37. The first-order chi connectivity index (χ1) is 6.64. The fourth-order valence-electron chi connectivity index (χ4n) is 1.39. The van der Waals surface area contributed by atoms with Gasteiger partial charge >= 0.3 is 0 Å². The van der Waals surface area contributed by atoms with Gasteiger partial charge in [-0.15, -0.1) is 0 Å². The number of hydrogen-bond donors (Lipinski definition) is 1. The lowest BCUT2D eigenvalue weighted by atomic mass is 9.86. The molecule has 14 heavy (non-hydrogen) atoms. The normalized spacial score (nSPS) is 18.2. The van der Waals surface area contributed by atoms with Crippen LogP contribution in [0, 0.1) is 5.92 Å². The van der Waals surface area contributed by atoms with Crippen LogP contribution in [0.1, 0.15) is 26.2 Å². The molecule has 1 rings (SSSR count). The van der Waals surface area contributed by atoms with E-state index in [0.717, 1.165) is 12.8 Å². The van der Waals surface area contributed by atoms with Crippen LogP contribution in [0.4, 0.5) is 8.78 Å². The van der Waals surface area contributed by atoms with Crippen molar-refractivity contribution < 1.29 is 13.5 Å². The Morgan fingerprint density at radius 3 is 2.64 bits per heavy atom. The van der Waals surface area contributed by atoms with Crippen LogP contribution in [-0.4, -0.2) is 32.2 Å². The zero-order chi connectivity index (χ0) is 10.4. The highest BCUT2D eigenvalue weighted by Crippen LogP contribution is 2.26. The standard InChI is InChI=1S/C10H19F2NO/c1-2-13-7-10(11,12)8-14-6-9-4-3-5-9/h9,13H,2-8H2,1H3. The molecule has 0 unspecified atom stereocenters. The van der Waals surface area contributed by atoms with Crippen molar-refractivity contribution in [3.05, 3.63) is 0 Å². The Kier molecular flexibility index (Phi) is 4.75. The van der Waals surface area contributed by atoms with Crippen LogP contribution < -0.4 is 5.32 Å². The van der Waals surface area contributed by atoms with Crippen molar-refractivity contribution >= 4 is 0 Å². The molecule has 1 aliphatic carbocycles. The number of ether oxygens (including phenoxy) is 1. The maximum Gasteiger partial charge on any atom is 0.283 e. The lowest BCUT2D eigenvalue weighted by Gasteiger charge is -2.26. The Hall–Kier alpha value is -0.220. The van der Waals surface area contributed by atoms with Crippen molar-refractivity contribution in [2.75, 3.05) is 26.3 Å². The van der Waals surface area contributed by atoms with E-state index in [9.17, 15) is 8.78 Å². The molecule has 1 N–H and O–H groups in total. The van der Waals surface area contributed by atoms with Crippen molar-refractivity contribution in [2.45, 2.75) is 32.1 Å². The van der Waals surface area contributed by atoms with E-state index in [1.165, 1.54) is 6.42 Å². The number of rotatable bonds is 7. The van der Waals surface area contributed by atoms with Crippen LogP contribution in [0.25, 0.3) is 0 Å². The molecule has 0 heterocycles. The molecule has 0 spiro atoms. The van der Waals surface area contributed by atoms with E-state index in [2.05, 4.69) is 5.32 Å². The predicted molar refractivity (Wildman–Crippen MR) is 51.7 cm³/mol. The third kappa shape index (κ3) is 4.33. The van der Waals surface area contributed by atoms with Gasteiger partial charge in [0.1, 0.15) is 6.61 Å². The molecule has 0 radical (unpaired) electrons. The maximum atomic E-state index is 13.0. The van der Waals surface area contributed by atoms with Gasteiger partial charge in [-0.2, -0.15) is 0 Å². The molecule has 0 bridgehead atoms. The molecule has 1 saturated carbocycles. The third-order valence-electron chi connectivity index (χ3n) is 2.53. The van der Waals surface area contributed by atoms with E-state index in [4.69, 9.17) is 4.74 Å². The highest BCUT2D eigenvalue weighted by atomic mass is 19.3. The summed E-state index contributed by atoms with van der Waals surface area (Å²) in [6.45, 7) is 2.15. The second-order valence-electron chi connectivity index (χ2n) is 3.95. The van der Waals surface area contributed by atoms with Crippen molar-refractivity contribution in [1.82, 2.24) is 5.32 Å². The van der Waals surface area contributed by atoms with Gasteiger partial charge in [0.05, 0.1) is 6.54 Å². The predicted octanol–water partition coefficient (Wildman–Crippen LogP) is 2.05. The van der Waals surface area contributed by atoms with Gasteiger partial charge in [0.15, 0.2) is 0 Å². The fourth-order valence-corrected chi connectivity index (χ4v) is 1.39. The first-order valence-corrected chi connectivity index (χ1v) is 5.30. The van der Waals surface area contributed by atoms with Gasteiger partial charge in [-0.3, -0.25) is 0 Å². The smallest absolute Gasteiger partial charge is 0.283 e. The summed E-state index contributed by atoms with van der Waals surface area (Å²) in [6.07, 6.45) is 3.50. The van der Waals surface area contributed by atoms with Crippen molar-refractivity contribution in [3.8, 4) is 0 Å². The van der Waals surface area contributed by atoms with Crippen LogP contribution in [-0.2, 0) is 4.74 Å². The molecule has 0 saturated heterocycles. The SMILES string of the molecule is CCNCC(F)(F)COCC1CCC1. The van der Waals surface area contributed by atoms with Crippen LogP contribution in [0.15, 0.2) is 0 Å². The minimum Gasteiger partial charge on any atom is -0.375 e. The molecule has 4 heteroatoms. The minimum atomic E-state index is -2.72. The Balaban J connectivity index is 2.02. The van der Waals surface area contributed by atoms with E-state index in [1.807, 2.05) is 6.92 Å². The average Bonchev–Trinajstić information content (AvgIpc) is 2.06. The topological polar surface area (TPSA) is 21.3 Å². The summed E-state index contributed by atoms with van der Waals surface area (Å²) in [5.74, 6) is -2.19. The molecule has 0 aromatic carbocycles. The second-order valence-corrected chi connectivity index (χ2v) is 3.95. The summed E-state index contributed by atoms with van der Waals surface area (Å²) in [4.78, 5) is 0. The first kappa shape index (κ1) is 11.9. The van der Waals surface area contributed by atoms with Crippen LogP contribution in [0.5, 0.6) is 0 Å². The number of hydrogen-bond acceptors (Lipinski definition) is 2. The largest absolute Gasteiger partial charge is 0.375 e. The molecule has 84 valence electrons. The molecular weight excluding hydrogens is 188 g/mol. The molecule has 0 aliphatic heterocycles. The molecule has 1 fully saturated rings. The second kappa shape index (κ2) is 5.61. The van der Waals surface area contributed by atoms with E-state index >= 15 is 0 Å². The van der Waals surface area contributed by atoms with Gasteiger partial charge in [-0.1, -0.05) is 13.3 Å². The zero-order valence-corrected chi connectivity index (χ0v) is 8.69. The molecule has 0 aromatic heterocycles. The van der Waals surface area contributed by atoms with Gasteiger partial charge in [-0.25, -0.2) is 8.78 Å². The highest BCUT2D eigenvalue weighted by molar-refractivity contribution is 4.71. The van der Waals surface area contributed by atoms with Gasteiger partial charge in [0, 0.05) is 6.61 Å². The molecule has 0 amide bonds. The fraction of sp³-hybridized carbons (Fsp3) is 1.00. The summed E-state index contributed by atoms with van der Waals surface area (Å²) in [6, 6.07) is 0. The Morgan fingerprint density at radius 2 is 2.14 bits per heavy atom. The summed E-state index contributed by atoms with van der Waals surface area (Å²) in [5.41, 5.74) is 0. The molecule has 1 aliphatic rings. The van der Waals surface area contributed by atoms with Crippen LogP contribution in [0.2, 0.25) is 0 Å². The first-order valence-electron chi connectivity index (χ1n) is 5.30. The average molecular weight is 207 g/mol. The number of alkyl halides is 2. The molecular formula is C10H19F2NO. The van der Waals surface area contributed by atoms with Crippen molar-refractivity contribution in [3.63, 3.8) is 0 Å². The van der Waals surface area contributed by atoms with Crippen molar-refractivity contribution in [1.29, 1.82) is 0 Å². The van der Waals surface area contributed by atoms with Gasteiger partial charge < -0.3 is 10.1 Å². The van der Waals surface area contributed by atoms with E-state index in [1.54, 1.807) is 0 Å². The van der Waals surface area contributed by atoms with Crippen LogP contribution in [0.3, 0.4) is 0 Å². The highest BCUT2D eigenvalue weighted by Gasteiger charge is 2.29. The summed E-state index contributed by atoms with van der Waals surface area (Å²) < 4.78 is 31.0.